The number of hydrogen-bond donors (Lipinski definition) is 1. The molecule has 0 aliphatic rings. The van der Waals surface area contributed by atoms with Gasteiger partial charge in [0, 0.05) is 26.7 Å². The molecule has 1 aromatic heterocycles. The zero-order chi connectivity index (χ0) is 14.3. The minimum absolute atomic E-state index is 0.522. The normalized spacial score (nSPS) is 12.5. The Hall–Kier alpha value is -0.460. The van der Waals surface area contributed by atoms with Crippen LogP contribution in [0, 0.1) is 0 Å². The highest BCUT2D eigenvalue weighted by atomic mass is 32.2. The van der Waals surface area contributed by atoms with Gasteiger partial charge in [-0.25, -0.2) is 0 Å². The van der Waals surface area contributed by atoms with Crippen LogP contribution in [0.1, 0.15) is 25.1 Å². The number of ether oxygens (including phenoxy) is 1. The zero-order valence-electron chi connectivity index (χ0n) is 12.5. The molecule has 1 heterocycles. The minimum Gasteiger partial charge on any atom is -0.480 e. The van der Waals surface area contributed by atoms with Crippen LogP contribution in [0.4, 0.5) is 5.13 Å². The van der Waals surface area contributed by atoms with Crippen LogP contribution < -0.4 is 15.0 Å². The lowest BCUT2D eigenvalue weighted by atomic mass is 10.2. The van der Waals surface area contributed by atoms with Crippen molar-refractivity contribution in [3.05, 3.63) is 4.88 Å². The molecule has 1 N–H and O–H groups in total. The Morgan fingerprint density at radius 3 is 2.79 bits per heavy atom. The van der Waals surface area contributed by atoms with Crippen molar-refractivity contribution in [2.24, 2.45) is 0 Å². The van der Waals surface area contributed by atoms with E-state index in [0.717, 1.165) is 17.6 Å². The summed E-state index contributed by atoms with van der Waals surface area (Å²) in [5.41, 5.74) is 0. The van der Waals surface area contributed by atoms with Crippen molar-refractivity contribution in [2.75, 3.05) is 37.6 Å². The SMILES string of the molecule is CCSCCC(C)NCc1sc(N(C)C)nc1OC. The Kier molecular flexibility index (Phi) is 7.56. The largest absolute Gasteiger partial charge is 0.480 e. The van der Waals surface area contributed by atoms with Gasteiger partial charge in [0.1, 0.15) is 0 Å². The third-order valence-corrected chi connectivity index (χ3v) is 4.87. The fraction of sp³-hybridized carbons (Fsp3) is 0.769. The summed E-state index contributed by atoms with van der Waals surface area (Å²) < 4.78 is 5.34. The molecule has 4 nitrogen and oxygen atoms in total. The zero-order valence-corrected chi connectivity index (χ0v) is 14.2. The lowest BCUT2D eigenvalue weighted by Gasteiger charge is -2.12. The third-order valence-electron chi connectivity index (χ3n) is 2.74. The maximum Gasteiger partial charge on any atom is 0.230 e. The van der Waals surface area contributed by atoms with Crippen LogP contribution in [0.15, 0.2) is 0 Å². The molecule has 0 saturated carbocycles. The van der Waals surface area contributed by atoms with Crippen molar-refractivity contribution in [1.82, 2.24) is 10.3 Å². The molecule has 0 amide bonds. The van der Waals surface area contributed by atoms with Crippen molar-refractivity contribution in [3.8, 4) is 5.88 Å². The van der Waals surface area contributed by atoms with Crippen molar-refractivity contribution in [1.29, 1.82) is 0 Å². The van der Waals surface area contributed by atoms with Gasteiger partial charge in [0.2, 0.25) is 5.88 Å². The van der Waals surface area contributed by atoms with Crippen molar-refractivity contribution >= 4 is 28.2 Å². The number of nitrogens with zero attached hydrogens (tertiary/aromatic N) is 2. The van der Waals surface area contributed by atoms with E-state index in [4.69, 9.17) is 4.74 Å². The smallest absolute Gasteiger partial charge is 0.230 e. The van der Waals surface area contributed by atoms with Crippen LogP contribution in [-0.2, 0) is 6.54 Å². The Morgan fingerprint density at radius 2 is 2.21 bits per heavy atom. The summed E-state index contributed by atoms with van der Waals surface area (Å²) in [5.74, 6) is 3.16. The summed E-state index contributed by atoms with van der Waals surface area (Å²) in [4.78, 5) is 7.64. The number of thioether (sulfide) groups is 1. The summed E-state index contributed by atoms with van der Waals surface area (Å²) in [6, 6.07) is 0.522. The molecular weight excluding hydrogens is 278 g/mol. The number of aromatic nitrogens is 1. The van der Waals surface area contributed by atoms with E-state index < -0.39 is 0 Å². The summed E-state index contributed by atoms with van der Waals surface area (Å²) in [6.45, 7) is 5.26. The molecule has 1 aromatic rings. The average Bonchev–Trinajstić information content (AvgIpc) is 2.80. The molecule has 1 atom stereocenters. The first-order chi connectivity index (χ1) is 9.08. The number of nitrogens with one attached hydrogen (secondary N) is 1. The van der Waals surface area contributed by atoms with E-state index in [1.165, 1.54) is 22.8 Å². The van der Waals surface area contributed by atoms with Crippen LogP contribution in [0.2, 0.25) is 0 Å². The summed E-state index contributed by atoms with van der Waals surface area (Å²) >= 11 is 3.68. The van der Waals surface area contributed by atoms with E-state index >= 15 is 0 Å². The molecule has 0 aromatic carbocycles. The van der Waals surface area contributed by atoms with E-state index in [1.807, 2.05) is 30.8 Å². The van der Waals surface area contributed by atoms with E-state index in [-0.39, 0.29) is 0 Å². The maximum absolute atomic E-state index is 5.34. The number of thiazole rings is 1. The van der Waals surface area contributed by atoms with E-state index in [9.17, 15) is 0 Å². The summed E-state index contributed by atoms with van der Waals surface area (Å²) in [7, 11) is 5.68. The maximum atomic E-state index is 5.34. The second-order valence-corrected chi connectivity index (χ2v) is 7.05. The van der Waals surface area contributed by atoms with Gasteiger partial charge in [0.25, 0.3) is 0 Å². The van der Waals surface area contributed by atoms with Crippen LogP contribution in [0.25, 0.3) is 0 Å². The Balaban J connectivity index is 2.47. The molecule has 0 radical (unpaired) electrons. The molecule has 0 spiro atoms. The Morgan fingerprint density at radius 1 is 1.47 bits per heavy atom. The quantitative estimate of drug-likeness (QED) is 0.710. The monoisotopic (exact) mass is 303 g/mol. The molecular formula is C13H25N3OS2. The third kappa shape index (κ3) is 5.58. The lowest BCUT2D eigenvalue weighted by molar-refractivity contribution is 0.393. The van der Waals surface area contributed by atoms with E-state index in [0.29, 0.717) is 6.04 Å². The van der Waals surface area contributed by atoms with Crippen LogP contribution in [0.5, 0.6) is 5.88 Å². The van der Waals surface area contributed by atoms with Gasteiger partial charge in [-0.1, -0.05) is 18.3 Å². The molecule has 0 bridgehead atoms. The second kappa shape index (κ2) is 8.66. The van der Waals surface area contributed by atoms with E-state index in [1.54, 1.807) is 18.4 Å². The van der Waals surface area contributed by atoms with Gasteiger partial charge in [-0.05, 0) is 24.9 Å². The second-order valence-electron chi connectivity index (χ2n) is 4.59. The van der Waals surface area contributed by atoms with Gasteiger partial charge in [-0.3, -0.25) is 0 Å². The van der Waals surface area contributed by atoms with Gasteiger partial charge in [-0.2, -0.15) is 16.7 Å². The molecule has 0 fully saturated rings. The standard InChI is InChI=1S/C13H25N3OS2/c1-6-18-8-7-10(2)14-9-11-12(17-5)15-13(19-11)16(3)4/h10,14H,6-9H2,1-5H3. The highest BCUT2D eigenvalue weighted by molar-refractivity contribution is 7.99. The van der Waals surface area contributed by atoms with Gasteiger partial charge in [0.15, 0.2) is 5.13 Å². The molecule has 1 rings (SSSR count). The fourth-order valence-electron chi connectivity index (χ4n) is 1.56. The van der Waals surface area contributed by atoms with Gasteiger partial charge < -0.3 is 15.0 Å². The Bertz CT molecular complexity index is 369. The fourth-order valence-corrected chi connectivity index (χ4v) is 3.27. The average molecular weight is 303 g/mol. The first-order valence-corrected chi connectivity index (χ1v) is 8.57. The van der Waals surface area contributed by atoms with Gasteiger partial charge in [0.05, 0.1) is 12.0 Å². The molecule has 0 aliphatic heterocycles. The van der Waals surface area contributed by atoms with E-state index in [2.05, 4.69) is 24.1 Å². The molecule has 0 saturated heterocycles. The van der Waals surface area contributed by atoms with Crippen LogP contribution in [-0.4, -0.2) is 43.7 Å². The summed E-state index contributed by atoms with van der Waals surface area (Å²) in [5, 5.41) is 4.53. The predicted molar refractivity (Wildman–Crippen MR) is 86.9 cm³/mol. The first kappa shape index (κ1) is 16.6. The number of hydrogen-bond acceptors (Lipinski definition) is 6. The Labute approximate surface area is 124 Å². The number of methoxy groups -OCH3 is 1. The molecule has 1 unspecified atom stereocenters. The topological polar surface area (TPSA) is 37.4 Å². The predicted octanol–water partition coefficient (Wildman–Crippen LogP) is 2.84. The van der Waals surface area contributed by atoms with Crippen LogP contribution in [0.3, 0.4) is 0 Å². The highest BCUT2D eigenvalue weighted by Crippen LogP contribution is 2.30. The highest BCUT2D eigenvalue weighted by Gasteiger charge is 2.13. The minimum atomic E-state index is 0.522. The first-order valence-electron chi connectivity index (χ1n) is 6.60. The van der Waals surface area contributed by atoms with Crippen LogP contribution >= 0.6 is 23.1 Å². The number of anilines is 1. The molecule has 110 valence electrons. The van der Waals surface area contributed by atoms with Crippen molar-refractivity contribution < 1.29 is 4.74 Å². The van der Waals surface area contributed by atoms with Crippen molar-refractivity contribution in [2.45, 2.75) is 32.9 Å². The molecule has 0 aliphatic carbocycles. The lowest BCUT2D eigenvalue weighted by Crippen LogP contribution is -2.25. The number of rotatable bonds is 9. The van der Waals surface area contributed by atoms with Gasteiger partial charge in [-0.15, -0.1) is 0 Å². The molecule has 19 heavy (non-hydrogen) atoms. The summed E-state index contributed by atoms with van der Waals surface area (Å²) in [6.07, 6.45) is 1.19. The molecule has 6 heteroatoms. The van der Waals surface area contributed by atoms with Crippen molar-refractivity contribution in [3.63, 3.8) is 0 Å². The van der Waals surface area contributed by atoms with Gasteiger partial charge >= 0.3 is 0 Å².